The van der Waals surface area contributed by atoms with Crippen molar-refractivity contribution >= 4 is 29.5 Å². The fraction of sp³-hybridized carbons (Fsp3) is 0.633. The van der Waals surface area contributed by atoms with E-state index >= 15 is 0 Å². The Morgan fingerprint density at radius 1 is 1.05 bits per heavy atom. The van der Waals surface area contributed by atoms with Crippen molar-refractivity contribution in [3.8, 4) is 0 Å². The molecule has 10 heteroatoms. The van der Waals surface area contributed by atoms with Gasteiger partial charge in [0.2, 0.25) is 17.6 Å². The Kier molecular flexibility index (Phi) is 8.02. The highest BCUT2D eigenvalue weighted by Crippen LogP contribution is 2.65. The Morgan fingerprint density at radius 2 is 1.65 bits per heavy atom. The molecule has 1 saturated heterocycles. The van der Waals surface area contributed by atoms with Gasteiger partial charge in [-0.3, -0.25) is 19.2 Å². The molecule has 5 unspecified atom stereocenters. The van der Waals surface area contributed by atoms with Crippen LogP contribution in [-0.4, -0.2) is 64.6 Å². The van der Waals surface area contributed by atoms with Crippen LogP contribution >= 0.6 is 0 Å². The molecule has 0 spiro atoms. The lowest BCUT2D eigenvalue weighted by molar-refractivity contribution is -0.144. The molecule has 4 rings (SSSR count). The van der Waals surface area contributed by atoms with Gasteiger partial charge in [0.15, 0.2) is 0 Å². The minimum atomic E-state index is -1.10. The second kappa shape index (κ2) is 10.9. The van der Waals surface area contributed by atoms with Crippen molar-refractivity contribution in [1.29, 1.82) is 0 Å². The smallest absolute Gasteiger partial charge is 0.315 e. The third-order valence-corrected chi connectivity index (χ3v) is 8.81. The monoisotopic (exact) mass is 553 g/mol. The number of nitrogens with two attached hydrogens (primary N) is 1. The van der Waals surface area contributed by atoms with E-state index in [9.17, 15) is 24.0 Å². The second-order valence-electron chi connectivity index (χ2n) is 13.2. The average molecular weight is 554 g/mol. The Labute approximate surface area is 236 Å². The molecule has 0 radical (unpaired) electrons. The third kappa shape index (κ3) is 5.86. The molecule has 1 aromatic rings. The number of piperidine rings is 1. The van der Waals surface area contributed by atoms with Gasteiger partial charge in [-0.15, -0.1) is 0 Å². The largest absolute Gasteiger partial charge is 0.363 e. The first-order chi connectivity index (χ1) is 18.7. The number of benzene rings is 1. The third-order valence-electron chi connectivity index (χ3n) is 8.81. The molecule has 10 nitrogen and oxygen atoms in total. The number of fused-ring (bicyclic) bond motifs is 2. The summed E-state index contributed by atoms with van der Waals surface area (Å²) in [5, 5.41) is 8.56. The molecule has 218 valence electrons. The fourth-order valence-corrected chi connectivity index (χ4v) is 6.71. The molecule has 0 bridgehead atoms. The van der Waals surface area contributed by atoms with Crippen molar-refractivity contribution in [3.63, 3.8) is 0 Å². The molecular weight excluding hydrogens is 510 g/mol. The standard InChI is InChI=1S/C30H43N5O5/c1-7-10-20(24(36)25(31)37)32-26(38)23-21-19(30(21,5)6)15-35(23)27(39)22(33-28(40)34-29(2,3)4)18-13-16-11-8-9-12-17(16)14-18/h8-9,11-12,18-23H,7,10,13-15H2,1-6H3,(H2,31,37)(H,32,38)(H2,33,34,40). The van der Waals surface area contributed by atoms with Gasteiger partial charge < -0.3 is 26.6 Å². The summed E-state index contributed by atoms with van der Waals surface area (Å²) in [5.41, 5.74) is 6.88. The van der Waals surface area contributed by atoms with Crippen LogP contribution in [0.3, 0.4) is 0 Å². The van der Waals surface area contributed by atoms with Crippen LogP contribution in [0.2, 0.25) is 0 Å². The van der Waals surface area contributed by atoms with Gasteiger partial charge >= 0.3 is 6.03 Å². The van der Waals surface area contributed by atoms with E-state index in [2.05, 4.69) is 29.8 Å². The maximum absolute atomic E-state index is 14.3. The first-order valence-electron chi connectivity index (χ1n) is 14.3. The first-order valence-corrected chi connectivity index (χ1v) is 14.3. The predicted molar refractivity (Wildman–Crippen MR) is 150 cm³/mol. The zero-order valence-corrected chi connectivity index (χ0v) is 24.4. The van der Waals surface area contributed by atoms with Crippen molar-refractivity contribution in [2.45, 2.75) is 90.9 Å². The summed E-state index contributed by atoms with van der Waals surface area (Å²) in [6.45, 7) is 12.0. The van der Waals surface area contributed by atoms with Crippen molar-refractivity contribution in [1.82, 2.24) is 20.9 Å². The molecule has 0 aromatic heterocycles. The molecule has 1 heterocycles. The maximum atomic E-state index is 14.3. The number of ketones is 1. The molecule has 40 heavy (non-hydrogen) atoms. The van der Waals surface area contributed by atoms with Gasteiger partial charge in [-0.05, 0) is 74.3 Å². The van der Waals surface area contributed by atoms with Crippen molar-refractivity contribution in [3.05, 3.63) is 35.4 Å². The SMILES string of the molecule is CCCC(NC(=O)C1C2C(CN1C(=O)C(NC(=O)NC(C)(C)C)C1Cc3ccccc3C1)C2(C)C)C(=O)C(N)=O. The number of carbonyl (C=O) groups excluding carboxylic acids is 5. The van der Waals surface area contributed by atoms with Gasteiger partial charge in [0.1, 0.15) is 12.1 Å². The minimum Gasteiger partial charge on any atom is -0.363 e. The van der Waals surface area contributed by atoms with Gasteiger partial charge in [-0.25, -0.2) is 4.79 Å². The first kappa shape index (κ1) is 29.6. The lowest BCUT2D eigenvalue weighted by atomic mass is 9.93. The summed E-state index contributed by atoms with van der Waals surface area (Å²) in [5.74, 6) is -2.86. The Bertz CT molecular complexity index is 1180. The van der Waals surface area contributed by atoms with Crippen molar-refractivity contribution < 1.29 is 24.0 Å². The lowest BCUT2D eigenvalue weighted by Crippen LogP contribution is -2.61. The number of hydrogen-bond acceptors (Lipinski definition) is 5. The van der Waals surface area contributed by atoms with Gasteiger partial charge in [0, 0.05) is 12.1 Å². The van der Waals surface area contributed by atoms with Crippen molar-refractivity contribution in [2.75, 3.05) is 6.54 Å². The van der Waals surface area contributed by atoms with Gasteiger partial charge in [0.25, 0.3) is 5.91 Å². The molecular formula is C30H43N5O5. The van der Waals surface area contributed by atoms with Gasteiger partial charge in [0.05, 0.1) is 6.04 Å². The number of hydrogen-bond donors (Lipinski definition) is 4. The number of nitrogens with one attached hydrogen (secondary N) is 3. The fourth-order valence-electron chi connectivity index (χ4n) is 6.71. The summed E-state index contributed by atoms with van der Waals surface area (Å²) in [6.07, 6.45) is 2.10. The Hall–Kier alpha value is -3.43. The molecule has 1 saturated carbocycles. The van der Waals surface area contributed by atoms with Gasteiger partial charge in [-0.1, -0.05) is 51.5 Å². The summed E-state index contributed by atoms with van der Waals surface area (Å²) < 4.78 is 0. The molecule has 1 aliphatic heterocycles. The predicted octanol–water partition coefficient (Wildman–Crippen LogP) is 1.69. The zero-order valence-electron chi connectivity index (χ0n) is 24.4. The number of Topliss-reactive ketones (excluding diaryl/α,β-unsaturated/α-hetero) is 1. The highest BCUT2D eigenvalue weighted by atomic mass is 16.2. The van der Waals surface area contributed by atoms with E-state index in [0.717, 1.165) is 11.1 Å². The van der Waals surface area contributed by atoms with Gasteiger partial charge in [-0.2, -0.15) is 0 Å². The van der Waals surface area contributed by atoms with E-state index in [1.165, 1.54) is 0 Å². The summed E-state index contributed by atoms with van der Waals surface area (Å²) in [6, 6.07) is 4.88. The summed E-state index contributed by atoms with van der Waals surface area (Å²) in [4.78, 5) is 66.6. The van der Waals surface area contributed by atoms with E-state index in [1.54, 1.807) is 4.90 Å². The number of primary amides is 1. The molecule has 2 aliphatic carbocycles. The van der Waals surface area contributed by atoms with E-state index in [4.69, 9.17) is 5.73 Å². The molecule has 5 atom stereocenters. The highest BCUT2D eigenvalue weighted by molar-refractivity contribution is 6.37. The minimum absolute atomic E-state index is 0.0905. The van der Waals surface area contributed by atoms with Crippen molar-refractivity contribution in [2.24, 2.45) is 28.9 Å². The number of nitrogens with zero attached hydrogens (tertiary/aromatic N) is 1. The number of amides is 5. The molecule has 5 amide bonds. The van der Waals surface area contributed by atoms with E-state index in [1.807, 2.05) is 52.0 Å². The summed E-state index contributed by atoms with van der Waals surface area (Å²) in [7, 11) is 0. The van der Waals surface area contributed by atoms with Crippen LogP contribution in [0.15, 0.2) is 24.3 Å². The van der Waals surface area contributed by atoms with E-state index < -0.39 is 47.3 Å². The number of carbonyl (C=O) groups is 5. The number of urea groups is 1. The van der Waals surface area contributed by atoms with E-state index in [0.29, 0.717) is 25.8 Å². The Balaban J connectivity index is 1.60. The van der Waals surface area contributed by atoms with Crippen LogP contribution in [0.4, 0.5) is 4.79 Å². The van der Waals surface area contributed by atoms with Crippen LogP contribution in [0.25, 0.3) is 0 Å². The topological polar surface area (TPSA) is 151 Å². The van der Waals surface area contributed by atoms with Crippen LogP contribution in [0.5, 0.6) is 0 Å². The highest BCUT2D eigenvalue weighted by Gasteiger charge is 2.69. The quantitative estimate of drug-likeness (QED) is 0.343. The molecule has 2 fully saturated rings. The number of likely N-dealkylation sites (tertiary alicyclic amines) is 1. The number of rotatable bonds is 9. The van der Waals surface area contributed by atoms with Crippen LogP contribution < -0.4 is 21.7 Å². The zero-order chi connectivity index (χ0) is 29.6. The average Bonchev–Trinajstić information content (AvgIpc) is 3.24. The van der Waals surface area contributed by atoms with Crippen LogP contribution in [0, 0.1) is 23.2 Å². The maximum Gasteiger partial charge on any atom is 0.315 e. The van der Waals surface area contributed by atoms with E-state index in [-0.39, 0.29) is 35.5 Å². The lowest BCUT2D eigenvalue weighted by Gasteiger charge is -2.35. The molecule has 3 aliphatic rings. The molecule has 1 aromatic carbocycles. The Morgan fingerprint density at radius 3 is 2.17 bits per heavy atom. The van der Waals surface area contributed by atoms with Crippen LogP contribution in [0.1, 0.15) is 65.5 Å². The second-order valence-corrected chi connectivity index (χ2v) is 13.2. The normalized spacial score (nSPS) is 24.4. The van der Waals surface area contributed by atoms with Crippen LogP contribution in [-0.2, 0) is 32.0 Å². The molecule has 5 N–H and O–H groups in total. The summed E-state index contributed by atoms with van der Waals surface area (Å²) >= 11 is 0.